The Morgan fingerprint density at radius 3 is 2.90 bits per heavy atom. The third-order valence-corrected chi connectivity index (χ3v) is 4.90. The molecule has 8 heteroatoms. The molecule has 0 atom stereocenters. The van der Waals surface area contributed by atoms with Crippen LogP contribution in [0.2, 0.25) is 0 Å². The number of anilines is 1. The van der Waals surface area contributed by atoms with Crippen LogP contribution >= 0.6 is 23.1 Å². The number of nitrogens with one attached hydrogen (secondary N) is 1. The van der Waals surface area contributed by atoms with E-state index in [2.05, 4.69) is 38.4 Å². The lowest BCUT2D eigenvalue weighted by molar-refractivity contribution is 0.928. The summed E-state index contributed by atoms with van der Waals surface area (Å²) in [4.78, 5) is 19.7. The highest BCUT2D eigenvalue weighted by molar-refractivity contribution is 7.99. The van der Waals surface area contributed by atoms with E-state index in [1.807, 2.05) is 13.0 Å². The summed E-state index contributed by atoms with van der Waals surface area (Å²) in [5.41, 5.74) is 3.44. The van der Waals surface area contributed by atoms with Gasteiger partial charge in [-0.1, -0.05) is 6.92 Å². The Hall–Kier alpha value is -1.77. The Balaban J connectivity index is 2.09. The second-order valence-electron chi connectivity index (χ2n) is 4.36. The van der Waals surface area contributed by atoms with Gasteiger partial charge in [-0.3, -0.25) is 5.43 Å². The summed E-state index contributed by atoms with van der Waals surface area (Å²) in [6.07, 6.45) is 2.72. The Kier molecular flexibility index (Phi) is 4.00. The van der Waals surface area contributed by atoms with Gasteiger partial charge in [-0.15, -0.1) is 11.3 Å². The molecule has 3 heterocycles. The van der Waals surface area contributed by atoms with Gasteiger partial charge in [-0.2, -0.15) is 0 Å². The van der Waals surface area contributed by atoms with Gasteiger partial charge in [0, 0.05) is 22.2 Å². The number of rotatable bonds is 4. The molecule has 21 heavy (non-hydrogen) atoms. The molecule has 0 radical (unpaired) electrons. The topological polar surface area (TPSA) is 89.6 Å². The standard InChI is InChI=1S/C13H14N6S2/c1-3-8-6-9-10(20-8)17-12(19-14)18-11(9)21-13-15-5-4-7(2)16-13/h4-6H,3,14H2,1-2H3,(H,17,18,19). The van der Waals surface area contributed by atoms with Crippen LogP contribution in [0.1, 0.15) is 17.5 Å². The van der Waals surface area contributed by atoms with Crippen LogP contribution in [0.5, 0.6) is 0 Å². The monoisotopic (exact) mass is 318 g/mol. The molecule has 0 bridgehead atoms. The highest BCUT2D eigenvalue weighted by Gasteiger charge is 2.13. The molecule has 108 valence electrons. The number of hydrazine groups is 1. The molecule has 0 saturated heterocycles. The van der Waals surface area contributed by atoms with Crippen molar-refractivity contribution in [3.05, 3.63) is 28.9 Å². The van der Waals surface area contributed by atoms with Gasteiger partial charge in [0.05, 0.1) is 0 Å². The average molecular weight is 318 g/mol. The van der Waals surface area contributed by atoms with Gasteiger partial charge in [0.1, 0.15) is 9.86 Å². The summed E-state index contributed by atoms with van der Waals surface area (Å²) in [6, 6.07) is 3.99. The van der Waals surface area contributed by atoms with Gasteiger partial charge in [0.25, 0.3) is 0 Å². The van der Waals surface area contributed by atoms with E-state index in [9.17, 15) is 0 Å². The lowest BCUT2D eigenvalue weighted by Gasteiger charge is -2.04. The van der Waals surface area contributed by atoms with Crippen LogP contribution in [0.4, 0.5) is 5.95 Å². The second-order valence-corrected chi connectivity index (χ2v) is 6.44. The smallest absolute Gasteiger partial charge is 0.239 e. The van der Waals surface area contributed by atoms with E-state index in [0.717, 1.165) is 27.4 Å². The highest BCUT2D eigenvalue weighted by Crippen LogP contribution is 2.34. The van der Waals surface area contributed by atoms with Crippen LogP contribution in [-0.2, 0) is 6.42 Å². The largest absolute Gasteiger partial charge is 0.292 e. The number of aromatic nitrogens is 4. The minimum atomic E-state index is 0.405. The van der Waals surface area contributed by atoms with Gasteiger partial charge in [0.2, 0.25) is 5.95 Å². The number of nitrogen functional groups attached to an aromatic ring is 1. The quantitative estimate of drug-likeness (QED) is 0.331. The van der Waals surface area contributed by atoms with Gasteiger partial charge in [-0.05, 0) is 37.2 Å². The van der Waals surface area contributed by atoms with Crippen molar-refractivity contribution < 1.29 is 0 Å². The zero-order valence-electron chi connectivity index (χ0n) is 11.6. The summed E-state index contributed by atoms with van der Waals surface area (Å²) >= 11 is 3.08. The van der Waals surface area contributed by atoms with E-state index >= 15 is 0 Å². The third-order valence-electron chi connectivity index (χ3n) is 2.85. The number of nitrogens with zero attached hydrogens (tertiary/aromatic N) is 4. The Morgan fingerprint density at radius 1 is 1.33 bits per heavy atom. The first-order valence-corrected chi connectivity index (χ1v) is 8.07. The number of nitrogens with two attached hydrogens (primary N) is 1. The molecular weight excluding hydrogens is 304 g/mol. The van der Waals surface area contributed by atoms with Gasteiger partial charge in [0.15, 0.2) is 5.16 Å². The molecule has 0 aliphatic rings. The molecule has 0 aliphatic heterocycles. The molecule has 0 fully saturated rings. The van der Waals surface area contributed by atoms with Crippen molar-refractivity contribution in [2.45, 2.75) is 30.5 Å². The lowest BCUT2D eigenvalue weighted by atomic mass is 10.3. The SMILES string of the molecule is CCc1cc2c(Sc3nccc(C)n3)nc(NN)nc2s1. The first-order chi connectivity index (χ1) is 10.2. The molecule has 6 nitrogen and oxygen atoms in total. The summed E-state index contributed by atoms with van der Waals surface area (Å²) in [6.45, 7) is 4.06. The molecule has 0 amide bonds. The van der Waals surface area contributed by atoms with E-state index < -0.39 is 0 Å². The maximum atomic E-state index is 5.46. The van der Waals surface area contributed by atoms with Crippen LogP contribution < -0.4 is 11.3 Å². The molecule has 3 N–H and O–H groups in total. The zero-order valence-corrected chi connectivity index (χ0v) is 13.3. The molecule has 0 spiro atoms. The summed E-state index contributed by atoms with van der Waals surface area (Å²) in [5.74, 6) is 5.86. The maximum Gasteiger partial charge on any atom is 0.239 e. The highest BCUT2D eigenvalue weighted by atomic mass is 32.2. The number of thiophene rings is 1. The molecule has 0 aliphatic carbocycles. The molecule has 0 saturated carbocycles. The zero-order chi connectivity index (χ0) is 14.8. The van der Waals surface area contributed by atoms with Crippen LogP contribution in [0.3, 0.4) is 0 Å². The first-order valence-electron chi connectivity index (χ1n) is 6.44. The van der Waals surface area contributed by atoms with E-state index in [1.165, 1.54) is 16.6 Å². The molecule has 0 aromatic carbocycles. The minimum Gasteiger partial charge on any atom is -0.292 e. The predicted octanol–water partition coefficient (Wildman–Crippen LogP) is 2.79. The van der Waals surface area contributed by atoms with E-state index in [1.54, 1.807) is 17.5 Å². The number of hydrogen-bond donors (Lipinski definition) is 2. The van der Waals surface area contributed by atoms with E-state index in [4.69, 9.17) is 5.84 Å². The Labute approximate surface area is 130 Å². The van der Waals surface area contributed by atoms with Gasteiger partial charge >= 0.3 is 0 Å². The van der Waals surface area contributed by atoms with Gasteiger partial charge in [-0.25, -0.2) is 25.8 Å². The van der Waals surface area contributed by atoms with Crippen LogP contribution in [-0.4, -0.2) is 19.9 Å². The maximum absolute atomic E-state index is 5.46. The fourth-order valence-electron chi connectivity index (χ4n) is 1.82. The normalized spacial score (nSPS) is 11.0. The van der Waals surface area contributed by atoms with E-state index in [-0.39, 0.29) is 0 Å². The summed E-state index contributed by atoms with van der Waals surface area (Å²) in [5, 5.41) is 2.50. The van der Waals surface area contributed by atoms with Crippen LogP contribution in [0, 0.1) is 6.92 Å². The van der Waals surface area contributed by atoms with Crippen molar-refractivity contribution in [3.8, 4) is 0 Å². The van der Waals surface area contributed by atoms with E-state index in [0.29, 0.717) is 11.1 Å². The fraction of sp³-hybridized carbons (Fsp3) is 0.231. The molecule has 0 unspecified atom stereocenters. The molecular formula is C13H14N6S2. The van der Waals surface area contributed by atoms with Crippen molar-refractivity contribution in [2.75, 3.05) is 5.43 Å². The second kappa shape index (κ2) is 5.92. The van der Waals surface area contributed by atoms with Crippen molar-refractivity contribution in [1.82, 2.24) is 19.9 Å². The number of aryl methyl sites for hydroxylation is 2. The van der Waals surface area contributed by atoms with Crippen molar-refractivity contribution >= 4 is 39.3 Å². The summed E-state index contributed by atoms with van der Waals surface area (Å²) < 4.78 is 0. The van der Waals surface area contributed by atoms with Crippen molar-refractivity contribution in [1.29, 1.82) is 0 Å². The third kappa shape index (κ3) is 2.97. The number of hydrogen-bond acceptors (Lipinski definition) is 8. The molecule has 3 aromatic heterocycles. The Morgan fingerprint density at radius 2 is 2.19 bits per heavy atom. The van der Waals surface area contributed by atoms with Crippen molar-refractivity contribution in [3.63, 3.8) is 0 Å². The summed E-state index contributed by atoms with van der Waals surface area (Å²) in [7, 11) is 0. The minimum absolute atomic E-state index is 0.405. The Bertz CT molecular complexity index is 785. The predicted molar refractivity (Wildman–Crippen MR) is 85.5 cm³/mol. The number of fused-ring (bicyclic) bond motifs is 1. The van der Waals surface area contributed by atoms with Crippen LogP contribution in [0.25, 0.3) is 10.2 Å². The van der Waals surface area contributed by atoms with Gasteiger partial charge < -0.3 is 0 Å². The molecule has 3 aromatic rings. The van der Waals surface area contributed by atoms with Crippen LogP contribution in [0.15, 0.2) is 28.5 Å². The fourth-order valence-corrected chi connectivity index (χ4v) is 3.73. The van der Waals surface area contributed by atoms with Crippen molar-refractivity contribution in [2.24, 2.45) is 5.84 Å². The average Bonchev–Trinajstić information content (AvgIpc) is 2.90. The lowest BCUT2D eigenvalue weighted by Crippen LogP contribution is -2.10. The molecule has 3 rings (SSSR count). The first kappa shape index (κ1) is 14.2.